The maximum absolute atomic E-state index is 12.5. The highest BCUT2D eigenvalue weighted by molar-refractivity contribution is 6.03. The zero-order valence-corrected chi connectivity index (χ0v) is 15.9. The molecule has 2 heterocycles. The van der Waals surface area contributed by atoms with Crippen molar-refractivity contribution in [1.82, 2.24) is 14.1 Å². The minimum Gasteiger partial charge on any atom is -0.494 e. The average Bonchev–Trinajstić information content (AvgIpc) is 3.05. The maximum Gasteiger partial charge on any atom is 0.333 e. The van der Waals surface area contributed by atoms with Crippen molar-refractivity contribution >= 4 is 5.71 Å². The number of rotatable bonds is 4. The molecule has 0 fully saturated rings. The fourth-order valence-corrected chi connectivity index (χ4v) is 3.25. The number of aromatic hydroxyl groups is 1. The molecule has 1 atom stereocenters. The molecule has 27 heavy (non-hydrogen) atoms. The molecule has 0 saturated heterocycles. The molecule has 2 aromatic rings. The van der Waals surface area contributed by atoms with E-state index in [0.717, 1.165) is 14.7 Å². The van der Waals surface area contributed by atoms with Gasteiger partial charge in [-0.3, -0.25) is 18.9 Å². The van der Waals surface area contributed by atoms with E-state index in [1.807, 2.05) is 18.2 Å². The minimum atomic E-state index is -0.593. The third-order valence-corrected chi connectivity index (χ3v) is 4.83. The first kappa shape index (κ1) is 18.6. The van der Waals surface area contributed by atoms with Crippen LogP contribution in [0.25, 0.3) is 0 Å². The summed E-state index contributed by atoms with van der Waals surface area (Å²) < 4.78 is 12.6. The minimum absolute atomic E-state index is 0.0365. The molecule has 1 aliphatic heterocycles. The first-order valence-corrected chi connectivity index (χ1v) is 8.31. The van der Waals surface area contributed by atoms with Gasteiger partial charge in [0.15, 0.2) is 11.5 Å². The van der Waals surface area contributed by atoms with E-state index < -0.39 is 11.2 Å². The molecule has 0 aliphatic carbocycles. The van der Waals surface area contributed by atoms with Crippen LogP contribution in [0.1, 0.15) is 23.6 Å². The van der Waals surface area contributed by atoms with Crippen LogP contribution in [0.5, 0.6) is 17.4 Å². The van der Waals surface area contributed by atoms with Gasteiger partial charge in [0, 0.05) is 27.6 Å². The van der Waals surface area contributed by atoms with Crippen molar-refractivity contribution in [1.29, 1.82) is 0 Å². The number of methoxy groups -OCH3 is 2. The van der Waals surface area contributed by atoms with Crippen molar-refractivity contribution in [3.8, 4) is 17.4 Å². The Morgan fingerprint density at radius 3 is 2.37 bits per heavy atom. The highest BCUT2D eigenvalue weighted by atomic mass is 16.5. The molecule has 3 rings (SSSR count). The Hall–Kier alpha value is -3.23. The van der Waals surface area contributed by atoms with Gasteiger partial charge in [-0.15, -0.1) is 0 Å². The second kappa shape index (κ2) is 6.82. The predicted octanol–water partition coefficient (Wildman–Crippen LogP) is 0.588. The van der Waals surface area contributed by atoms with Gasteiger partial charge in [0.1, 0.15) is 5.56 Å². The number of ether oxygens (including phenoxy) is 2. The fraction of sp³-hybridized carbons (Fsp3) is 0.389. The number of hydrazone groups is 1. The van der Waals surface area contributed by atoms with Gasteiger partial charge in [-0.05, 0) is 17.7 Å². The molecule has 1 aromatic carbocycles. The summed E-state index contributed by atoms with van der Waals surface area (Å²) in [5.41, 5.74) is 0.218. The van der Waals surface area contributed by atoms with E-state index in [4.69, 9.17) is 9.47 Å². The van der Waals surface area contributed by atoms with Crippen LogP contribution in [-0.2, 0) is 14.1 Å². The van der Waals surface area contributed by atoms with Crippen molar-refractivity contribution in [2.24, 2.45) is 19.2 Å². The van der Waals surface area contributed by atoms with Crippen molar-refractivity contribution < 1.29 is 14.6 Å². The standard InChI is InChI=1S/C18H22N4O5/c1-20-16(23)15(17(24)21(2)18(20)25)11-9-12(22(3)19-11)10-6-7-13(26-4)14(8-10)27-5/h6-8,12,23H,9H2,1-5H3/t12-/m1/s1. The molecule has 0 saturated carbocycles. The molecular formula is C18H22N4O5. The molecule has 0 bridgehead atoms. The maximum atomic E-state index is 12.5. The van der Waals surface area contributed by atoms with E-state index in [2.05, 4.69) is 5.10 Å². The molecule has 1 aromatic heterocycles. The van der Waals surface area contributed by atoms with Gasteiger partial charge in [-0.25, -0.2) is 4.79 Å². The lowest BCUT2D eigenvalue weighted by Gasteiger charge is -2.20. The van der Waals surface area contributed by atoms with Crippen LogP contribution >= 0.6 is 0 Å². The number of benzene rings is 1. The average molecular weight is 374 g/mol. The van der Waals surface area contributed by atoms with Gasteiger partial charge in [-0.1, -0.05) is 6.07 Å². The third kappa shape index (κ3) is 2.94. The Labute approximate surface area is 155 Å². The van der Waals surface area contributed by atoms with E-state index in [9.17, 15) is 14.7 Å². The second-order valence-corrected chi connectivity index (χ2v) is 6.36. The van der Waals surface area contributed by atoms with Gasteiger partial charge < -0.3 is 14.6 Å². The van der Waals surface area contributed by atoms with E-state index in [1.165, 1.54) is 14.1 Å². The molecule has 1 N–H and O–H groups in total. The summed E-state index contributed by atoms with van der Waals surface area (Å²) in [6, 6.07) is 5.42. The van der Waals surface area contributed by atoms with Gasteiger partial charge in [0.25, 0.3) is 5.56 Å². The largest absolute Gasteiger partial charge is 0.494 e. The first-order chi connectivity index (χ1) is 12.8. The zero-order chi connectivity index (χ0) is 19.9. The highest BCUT2D eigenvalue weighted by Crippen LogP contribution is 2.36. The molecule has 0 unspecified atom stereocenters. The van der Waals surface area contributed by atoms with Gasteiger partial charge in [0.2, 0.25) is 5.88 Å². The summed E-state index contributed by atoms with van der Waals surface area (Å²) in [4.78, 5) is 24.5. The quantitative estimate of drug-likeness (QED) is 0.841. The normalized spacial score (nSPS) is 16.4. The predicted molar refractivity (Wildman–Crippen MR) is 99.8 cm³/mol. The van der Waals surface area contributed by atoms with Crippen LogP contribution in [0.3, 0.4) is 0 Å². The van der Waals surface area contributed by atoms with Crippen LogP contribution in [0.15, 0.2) is 32.9 Å². The van der Waals surface area contributed by atoms with Crippen molar-refractivity contribution in [2.75, 3.05) is 21.3 Å². The molecule has 9 heteroatoms. The number of hydrogen-bond donors (Lipinski definition) is 1. The summed E-state index contributed by atoms with van der Waals surface area (Å²) in [5.74, 6) is 0.827. The molecule has 0 radical (unpaired) electrons. The lowest BCUT2D eigenvalue weighted by molar-refractivity contribution is 0.288. The van der Waals surface area contributed by atoms with Crippen LogP contribution in [0, 0.1) is 0 Å². The van der Waals surface area contributed by atoms with Crippen LogP contribution in [-0.4, -0.2) is 46.2 Å². The fourth-order valence-electron chi connectivity index (χ4n) is 3.25. The van der Waals surface area contributed by atoms with E-state index in [0.29, 0.717) is 23.6 Å². The van der Waals surface area contributed by atoms with E-state index in [1.54, 1.807) is 26.3 Å². The first-order valence-electron chi connectivity index (χ1n) is 8.31. The Morgan fingerprint density at radius 2 is 1.74 bits per heavy atom. The van der Waals surface area contributed by atoms with Crippen molar-refractivity contribution in [3.63, 3.8) is 0 Å². The molecule has 9 nitrogen and oxygen atoms in total. The molecule has 0 amide bonds. The second-order valence-electron chi connectivity index (χ2n) is 6.36. The van der Waals surface area contributed by atoms with Crippen molar-refractivity contribution in [2.45, 2.75) is 12.5 Å². The van der Waals surface area contributed by atoms with Crippen LogP contribution < -0.4 is 20.7 Å². The van der Waals surface area contributed by atoms with E-state index in [-0.39, 0.29) is 17.5 Å². The summed E-state index contributed by atoms with van der Waals surface area (Å²) in [5, 5.41) is 16.5. The monoisotopic (exact) mass is 374 g/mol. The molecule has 144 valence electrons. The molecule has 0 spiro atoms. The zero-order valence-electron chi connectivity index (χ0n) is 15.9. The topological polar surface area (TPSA) is 98.3 Å². The number of hydrogen-bond acceptors (Lipinski definition) is 7. The van der Waals surface area contributed by atoms with Gasteiger partial charge in [-0.2, -0.15) is 5.10 Å². The SMILES string of the molecule is COc1ccc([C@H]2CC(c3c(O)n(C)c(=O)n(C)c3=O)=NN2C)cc1OC. The lowest BCUT2D eigenvalue weighted by atomic mass is 9.99. The van der Waals surface area contributed by atoms with Crippen LogP contribution in [0.2, 0.25) is 0 Å². The Balaban J connectivity index is 2.02. The van der Waals surface area contributed by atoms with Crippen molar-refractivity contribution in [3.05, 3.63) is 50.2 Å². The van der Waals surface area contributed by atoms with Gasteiger partial charge >= 0.3 is 5.69 Å². The molecular weight excluding hydrogens is 352 g/mol. The third-order valence-electron chi connectivity index (χ3n) is 4.83. The molecule has 1 aliphatic rings. The lowest BCUT2D eigenvalue weighted by Crippen LogP contribution is -2.39. The number of nitrogens with zero attached hydrogens (tertiary/aromatic N) is 4. The number of aromatic nitrogens is 2. The summed E-state index contributed by atoms with van der Waals surface area (Å²) in [7, 11) is 7.70. The smallest absolute Gasteiger partial charge is 0.333 e. The van der Waals surface area contributed by atoms with E-state index >= 15 is 0 Å². The van der Waals surface area contributed by atoms with Gasteiger partial charge in [0.05, 0.1) is 26.0 Å². The Kier molecular flexibility index (Phi) is 4.69. The van der Waals surface area contributed by atoms with Crippen LogP contribution in [0.4, 0.5) is 0 Å². The highest BCUT2D eigenvalue weighted by Gasteiger charge is 2.31. The summed E-state index contributed by atoms with van der Waals surface area (Å²) in [6.45, 7) is 0. The summed E-state index contributed by atoms with van der Waals surface area (Å²) in [6.07, 6.45) is 0.396. The Morgan fingerprint density at radius 1 is 1.07 bits per heavy atom. The summed E-state index contributed by atoms with van der Waals surface area (Å²) >= 11 is 0. The Bertz CT molecular complexity index is 1040.